The molecule has 0 unspecified atom stereocenters. The molecule has 0 fully saturated rings. The van der Waals surface area contributed by atoms with Crippen molar-refractivity contribution in [3.8, 4) is 0 Å². The minimum atomic E-state index is 0.114. The summed E-state index contributed by atoms with van der Waals surface area (Å²) >= 11 is 11.9. The van der Waals surface area contributed by atoms with E-state index >= 15 is 0 Å². The molecule has 0 aromatic carbocycles. The van der Waals surface area contributed by atoms with Crippen molar-refractivity contribution in [1.82, 2.24) is 0 Å². The third-order valence-electron chi connectivity index (χ3n) is 2.80. The quantitative estimate of drug-likeness (QED) is 0.602. The molecule has 0 radical (unpaired) electrons. The molecule has 68 valence electrons. The van der Waals surface area contributed by atoms with Crippen molar-refractivity contribution >= 4 is 23.2 Å². The maximum atomic E-state index is 5.93. The number of rotatable bonds is 4. The first-order valence-corrected chi connectivity index (χ1v) is 5.20. The summed E-state index contributed by atoms with van der Waals surface area (Å²) in [4.78, 5) is 0. The van der Waals surface area contributed by atoms with E-state index in [0.29, 0.717) is 23.6 Å². The summed E-state index contributed by atoms with van der Waals surface area (Å²) in [6.07, 6.45) is 0. The predicted molar refractivity (Wildman–Crippen MR) is 53.5 cm³/mol. The second-order valence-corrected chi connectivity index (χ2v) is 4.34. The van der Waals surface area contributed by atoms with Crippen LogP contribution >= 0.6 is 23.2 Å². The Morgan fingerprint density at radius 3 is 1.18 bits per heavy atom. The Morgan fingerprint density at radius 1 is 0.909 bits per heavy atom. The molecule has 0 N–H and O–H groups in total. The van der Waals surface area contributed by atoms with Gasteiger partial charge in [0, 0.05) is 17.2 Å². The van der Waals surface area contributed by atoms with Gasteiger partial charge in [-0.15, -0.1) is 23.2 Å². The van der Waals surface area contributed by atoms with Crippen molar-refractivity contribution in [2.75, 3.05) is 11.8 Å². The van der Waals surface area contributed by atoms with E-state index in [2.05, 4.69) is 27.7 Å². The van der Waals surface area contributed by atoms with Crippen LogP contribution in [0.2, 0.25) is 0 Å². The van der Waals surface area contributed by atoms with E-state index in [1.807, 2.05) is 0 Å². The Hall–Kier alpha value is 0.580. The molecule has 0 amide bonds. The van der Waals surface area contributed by atoms with Gasteiger partial charge in [-0.2, -0.15) is 0 Å². The Morgan fingerprint density at radius 2 is 1.18 bits per heavy atom. The van der Waals surface area contributed by atoms with Crippen LogP contribution in [0.15, 0.2) is 0 Å². The van der Waals surface area contributed by atoms with Crippen LogP contribution in [0.3, 0.4) is 0 Å². The van der Waals surface area contributed by atoms with Gasteiger partial charge in [0.25, 0.3) is 0 Å². The van der Waals surface area contributed by atoms with Crippen LogP contribution < -0.4 is 0 Å². The zero-order valence-electron chi connectivity index (χ0n) is 7.82. The lowest BCUT2D eigenvalue weighted by atomic mass is 9.72. The lowest BCUT2D eigenvalue weighted by Crippen LogP contribution is -2.36. The van der Waals surface area contributed by atoms with Gasteiger partial charge in [-0.3, -0.25) is 0 Å². The Labute approximate surface area is 80.3 Å². The predicted octanol–water partition coefficient (Wildman–Crippen LogP) is 3.76. The fourth-order valence-corrected chi connectivity index (χ4v) is 2.84. The zero-order chi connectivity index (χ0) is 9.07. The highest BCUT2D eigenvalue weighted by Gasteiger charge is 2.35. The highest BCUT2D eigenvalue weighted by atomic mass is 35.5. The van der Waals surface area contributed by atoms with Crippen LogP contribution in [0.5, 0.6) is 0 Å². The van der Waals surface area contributed by atoms with Crippen LogP contribution in [0, 0.1) is 17.3 Å². The van der Waals surface area contributed by atoms with Crippen molar-refractivity contribution in [1.29, 1.82) is 0 Å². The molecular weight excluding hydrogens is 179 g/mol. The summed E-state index contributed by atoms with van der Waals surface area (Å²) < 4.78 is 0. The zero-order valence-corrected chi connectivity index (χ0v) is 9.34. The van der Waals surface area contributed by atoms with Gasteiger partial charge in [-0.1, -0.05) is 27.7 Å². The van der Waals surface area contributed by atoms with Crippen LogP contribution in [0.1, 0.15) is 27.7 Å². The molecule has 0 aromatic rings. The Kier molecular flexibility index (Phi) is 4.81. The molecule has 0 aliphatic carbocycles. The second-order valence-electron chi connectivity index (χ2n) is 3.81. The van der Waals surface area contributed by atoms with E-state index in [4.69, 9.17) is 23.2 Å². The van der Waals surface area contributed by atoms with E-state index < -0.39 is 0 Å². The lowest BCUT2D eigenvalue weighted by molar-refractivity contribution is 0.175. The van der Waals surface area contributed by atoms with Crippen LogP contribution in [0.25, 0.3) is 0 Å². The first-order chi connectivity index (χ1) is 5.01. The molecule has 0 atom stereocenters. The second kappa shape index (κ2) is 4.57. The minimum Gasteiger partial charge on any atom is -0.126 e. The molecule has 0 aliphatic heterocycles. The number of alkyl halides is 2. The maximum Gasteiger partial charge on any atom is 0.0296 e. The van der Waals surface area contributed by atoms with Crippen molar-refractivity contribution in [2.24, 2.45) is 17.3 Å². The molecule has 0 spiro atoms. The average Bonchev–Trinajstić information content (AvgIpc) is 1.90. The van der Waals surface area contributed by atoms with E-state index in [1.165, 1.54) is 0 Å². The fourth-order valence-electron chi connectivity index (χ4n) is 1.32. The number of halogens is 2. The van der Waals surface area contributed by atoms with Gasteiger partial charge in [0.15, 0.2) is 0 Å². The standard InChI is InChI=1S/C9H18Cl2/c1-7(2)9(5-10,6-11)8(3)4/h7-8H,5-6H2,1-4H3. The van der Waals surface area contributed by atoms with Gasteiger partial charge >= 0.3 is 0 Å². The van der Waals surface area contributed by atoms with Gasteiger partial charge in [0.05, 0.1) is 0 Å². The van der Waals surface area contributed by atoms with Crippen molar-refractivity contribution in [3.63, 3.8) is 0 Å². The van der Waals surface area contributed by atoms with Crippen LogP contribution in [-0.4, -0.2) is 11.8 Å². The van der Waals surface area contributed by atoms with Gasteiger partial charge in [0.2, 0.25) is 0 Å². The highest BCUT2D eigenvalue weighted by molar-refractivity contribution is 6.21. The molecule has 0 aromatic heterocycles. The smallest absolute Gasteiger partial charge is 0.0296 e. The third kappa shape index (κ3) is 2.26. The van der Waals surface area contributed by atoms with Gasteiger partial charge in [-0.05, 0) is 11.8 Å². The molecular formula is C9H18Cl2. The molecule has 0 rings (SSSR count). The molecule has 2 heteroatoms. The van der Waals surface area contributed by atoms with Crippen LogP contribution in [-0.2, 0) is 0 Å². The largest absolute Gasteiger partial charge is 0.126 e. The molecule has 0 aliphatic rings. The lowest BCUT2D eigenvalue weighted by Gasteiger charge is -2.37. The average molecular weight is 197 g/mol. The van der Waals surface area contributed by atoms with Gasteiger partial charge < -0.3 is 0 Å². The maximum absolute atomic E-state index is 5.93. The van der Waals surface area contributed by atoms with Gasteiger partial charge in [0.1, 0.15) is 0 Å². The first-order valence-electron chi connectivity index (χ1n) is 4.13. The molecule has 0 saturated heterocycles. The normalized spacial score (nSPS) is 13.1. The van der Waals surface area contributed by atoms with Crippen molar-refractivity contribution in [3.05, 3.63) is 0 Å². The van der Waals surface area contributed by atoms with E-state index in [1.54, 1.807) is 0 Å². The summed E-state index contributed by atoms with van der Waals surface area (Å²) in [5.74, 6) is 2.42. The van der Waals surface area contributed by atoms with Gasteiger partial charge in [-0.25, -0.2) is 0 Å². The minimum absolute atomic E-state index is 0.114. The molecule has 11 heavy (non-hydrogen) atoms. The highest BCUT2D eigenvalue weighted by Crippen LogP contribution is 2.38. The van der Waals surface area contributed by atoms with Crippen LogP contribution in [0.4, 0.5) is 0 Å². The monoisotopic (exact) mass is 196 g/mol. The molecule has 0 bridgehead atoms. The summed E-state index contributed by atoms with van der Waals surface area (Å²) in [6, 6.07) is 0. The SMILES string of the molecule is CC(C)C(CCl)(CCl)C(C)C. The van der Waals surface area contributed by atoms with E-state index in [-0.39, 0.29) is 5.41 Å². The summed E-state index contributed by atoms with van der Waals surface area (Å²) in [7, 11) is 0. The molecule has 0 heterocycles. The van der Waals surface area contributed by atoms with Crippen molar-refractivity contribution in [2.45, 2.75) is 27.7 Å². The molecule has 0 nitrogen and oxygen atoms in total. The fraction of sp³-hybridized carbons (Fsp3) is 1.00. The van der Waals surface area contributed by atoms with E-state index in [9.17, 15) is 0 Å². The topological polar surface area (TPSA) is 0 Å². The number of hydrogen-bond donors (Lipinski definition) is 0. The molecule has 0 saturated carbocycles. The Balaban J connectivity index is 4.46. The van der Waals surface area contributed by atoms with E-state index in [0.717, 1.165) is 0 Å². The first kappa shape index (κ1) is 11.6. The number of hydrogen-bond acceptors (Lipinski definition) is 0. The summed E-state index contributed by atoms with van der Waals surface area (Å²) in [5, 5.41) is 0. The summed E-state index contributed by atoms with van der Waals surface area (Å²) in [5.41, 5.74) is 0.114. The third-order valence-corrected chi connectivity index (χ3v) is 3.79. The Bertz CT molecular complexity index is 94.1. The van der Waals surface area contributed by atoms with Crippen molar-refractivity contribution < 1.29 is 0 Å². The summed E-state index contributed by atoms with van der Waals surface area (Å²) in [6.45, 7) is 8.74.